The Bertz CT molecular complexity index is 459. The Morgan fingerprint density at radius 2 is 2.05 bits per heavy atom. The average Bonchev–Trinajstić information content (AvgIpc) is 2.92. The van der Waals surface area contributed by atoms with Gasteiger partial charge in [-0.3, -0.25) is 14.4 Å². The van der Waals surface area contributed by atoms with E-state index in [1.807, 2.05) is 12.3 Å². The highest BCUT2D eigenvalue weighted by atomic mass is 32.1. The van der Waals surface area contributed by atoms with Gasteiger partial charge in [0.25, 0.3) is 5.91 Å². The Balaban J connectivity index is 2.23. The zero-order valence-corrected chi connectivity index (χ0v) is 12.4. The first-order chi connectivity index (χ1) is 9.54. The fraction of sp³-hybridized carbons (Fsp3) is 0.462. The molecule has 1 atom stereocenters. The van der Waals surface area contributed by atoms with E-state index in [1.54, 1.807) is 18.4 Å². The minimum Gasteiger partial charge on any atom is -0.355 e. The summed E-state index contributed by atoms with van der Waals surface area (Å²) in [5.41, 5.74) is 0.589. The van der Waals surface area contributed by atoms with Gasteiger partial charge in [0.1, 0.15) is 6.04 Å². The summed E-state index contributed by atoms with van der Waals surface area (Å²) in [5, 5.41) is 11.4. The van der Waals surface area contributed by atoms with E-state index in [9.17, 15) is 14.4 Å². The topological polar surface area (TPSA) is 87.3 Å². The molecular formula is C13H19N3O3S. The molecule has 0 saturated carbocycles. The molecule has 110 valence electrons. The Morgan fingerprint density at radius 1 is 1.30 bits per heavy atom. The van der Waals surface area contributed by atoms with Crippen LogP contribution >= 0.6 is 11.3 Å². The van der Waals surface area contributed by atoms with E-state index in [1.165, 1.54) is 11.3 Å². The van der Waals surface area contributed by atoms with Gasteiger partial charge in [-0.1, -0.05) is 0 Å². The minimum atomic E-state index is -0.574. The highest BCUT2D eigenvalue weighted by Gasteiger charge is 2.14. The largest absolute Gasteiger partial charge is 0.355 e. The normalized spacial score (nSPS) is 11.5. The Labute approximate surface area is 121 Å². The minimum absolute atomic E-state index is 0.139. The van der Waals surface area contributed by atoms with Crippen molar-refractivity contribution in [3.63, 3.8) is 0 Å². The van der Waals surface area contributed by atoms with Gasteiger partial charge >= 0.3 is 0 Å². The van der Waals surface area contributed by atoms with Crippen LogP contribution in [0.3, 0.4) is 0 Å². The van der Waals surface area contributed by atoms with Crippen LogP contribution in [-0.2, 0) is 9.59 Å². The van der Waals surface area contributed by atoms with E-state index in [-0.39, 0.29) is 30.7 Å². The highest BCUT2D eigenvalue weighted by molar-refractivity contribution is 7.08. The van der Waals surface area contributed by atoms with Crippen LogP contribution in [0.1, 0.15) is 30.6 Å². The molecule has 3 N–H and O–H groups in total. The second-order valence-corrected chi connectivity index (χ2v) is 4.98. The van der Waals surface area contributed by atoms with E-state index in [2.05, 4.69) is 16.0 Å². The summed E-state index contributed by atoms with van der Waals surface area (Å²) < 4.78 is 0. The van der Waals surface area contributed by atoms with Crippen molar-refractivity contribution in [2.75, 3.05) is 13.1 Å². The quantitative estimate of drug-likeness (QED) is 0.685. The van der Waals surface area contributed by atoms with Crippen LogP contribution in [0.15, 0.2) is 16.8 Å². The van der Waals surface area contributed by atoms with Crippen LogP contribution in [-0.4, -0.2) is 36.9 Å². The Hall–Kier alpha value is -1.89. The second-order valence-electron chi connectivity index (χ2n) is 4.20. The highest BCUT2D eigenvalue weighted by Crippen LogP contribution is 2.04. The maximum atomic E-state index is 11.6. The lowest BCUT2D eigenvalue weighted by Gasteiger charge is -2.13. The molecule has 3 amide bonds. The van der Waals surface area contributed by atoms with Gasteiger partial charge in [-0.2, -0.15) is 11.3 Å². The molecule has 0 saturated heterocycles. The zero-order valence-electron chi connectivity index (χ0n) is 11.6. The predicted octanol–water partition coefficient (Wildman–Crippen LogP) is 0.509. The molecule has 0 aromatic carbocycles. The van der Waals surface area contributed by atoms with Gasteiger partial charge in [0.2, 0.25) is 11.8 Å². The van der Waals surface area contributed by atoms with E-state index < -0.39 is 6.04 Å². The Kier molecular flexibility index (Phi) is 6.72. The van der Waals surface area contributed by atoms with Crippen molar-refractivity contribution < 1.29 is 14.4 Å². The SMILES string of the molecule is CCNC(=O)C(C)NC(=O)CCNC(=O)c1ccsc1. The molecule has 0 fully saturated rings. The van der Waals surface area contributed by atoms with Gasteiger partial charge in [-0.05, 0) is 25.3 Å². The summed E-state index contributed by atoms with van der Waals surface area (Å²) in [5.74, 6) is -0.687. The average molecular weight is 297 g/mol. The number of hydrogen-bond donors (Lipinski definition) is 3. The van der Waals surface area contributed by atoms with Crippen LogP contribution in [0.5, 0.6) is 0 Å². The molecule has 0 aliphatic heterocycles. The second kappa shape index (κ2) is 8.31. The van der Waals surface area contributed by atoms with Crippen molar-refractivity contribution in [3.05, 3.63) is 22.4 Å². The maximum absolute atomic E-state index is 11.6. The zero-order chi connectivity index (χ0) is 15.0. The molecule has 0 aliphatic carbocycles. The number of hydrogen-bond acceptors (Lipinski definition) is 4. The summed E-state index contributed by atoms with van der Waals surface area (Å²) >= 11 is 1.44. The summed E-state index contributed by atoms with van der Waals surface area (Å²) in [6.07, 6.45) is 0.139. The number of thiophene rings is 1. The molecule has 1 aromatic rings. The first-order valence-electron chi connectivity index (χ1n) is 6.42. The van der Waals surface area contributed by atoms with Crippen LogP contribution in [0.4, 0.5) is 0 Å². The molecule has 1 unspecified atom stereocenters. The molecule has 6 nitrogen and oxygen atoms in total. The van der Waals surface area contributed by atoms with E-state index in [0.29, 0.717) is 12.1 Å². The van der Waals surface area contributed by atoms with E-state index in [4.69, 9.17) is 0 Å². The fourth-order valence-corrected chi connectivity index (χ4v) is 2.13. The summed E-state index contributed by atoms with van der Waals surface area (Å²) in [7, 11) is 0. The third kappa shape index (κ3) is 5.40. The lowest BCUT2D eigenvalue weighted by atomic mass is 10.2. The van der Waals surface area contributed by atoms with Gasteiger partial charge < -0.3 is 16.0 Å². The summed E-state index contributed by atoms with van der Waals surface area (Å²) in [4.78, 5) is 34.6. The molecule has 0 aliphatic rings. The van der Waals surface area contributed by atoms with Gasteiger partial charge in [0, 0.05) is 30.5 Å². The third-order valence-electron chi connectivity index (χ3n) is 2.54. The van der Waals surface area contributed by atoms with Gasteiger partial charge in [0.15, 0.2) is 0 Å². The van der Waals surface area contributed by atoms with E-state index in [0.717, 1.165) is 0 Å². The first kappa shape index (κ1) is 16.2. The van der Waals surface area contributed by atoms with Gasteiger partial charge in [-0.25, -0.2) is 0 Å². The lowest BCUT2D eigenvalue weighted by molar-refractivity contribution is -0.128. The summed E-state index contributed by atoms with van der Waals surface area (Å²) in [6, 6.07) is 1.15. The molecule has 1 rings (SSSR count). The number of rotatable bonds is 7. The Morgan fingerprint density at radius 3 is 2.65 bits per heavy atom. The number of nitrogens with one attached hydrogen (secondary N) is 3. The molecule has 0 spiro atoms. The molecule has 0 radical (unpaired) electrons. The molecule has 1 heterocycles. The maximum Gasteiger partial charge on any atom is 0.252 e. The molecule has 1 aromatic heterocycles. The van der Waals surface area contributed by atoms with Crippen molar-refractivity contribution >= 4 is 29.1 Å². The van der Waals surface area contributed by atoms with Crippen molar-refractivity contribution in [2.24, 2.45) is 0 Å². The van der Waals surface area contributed by atoms with Crippen LogP contribution in [0, 0.1) is 0 Å². The lowest BCUT2D eigenvalue weighted by Crippen LogP contribution is -2.45. The van der Waals surface area contributed by atoms with Gasteiger partial charge in [0.05, 0.1) is 0 Å². The molecule has 7 heteroatoms. The van der Waals surface area contributed by atoms with E-state index >= 15 is 0 Å². The summed E-state index contributed by atoms with van der Waals surface area (Å²) in [6.45, 7) is 4.19. The predicted molar refractivity (Wildman–Crippen MR) is 77.6 cm³/mol. The molecular weight excluding hydrogens is 278 g/mol. The molecule has 20 heavy (non-hydrogen) atoms. The number of carbonyl (C=O) groups excluding carboxylic acids is 3. The standard InChI is InChI=1S/C13H19N3O3S/c1-3-14-12(18)9(2)16-11(17)4-6-15-13(19)10-5-7-20-8-10/h5,7-9H,3-4,6H2,1-2H3,(H,14,18)(H,15,19)(H,16,17). The van der Waals surface area contributed by atoms with Crippen LogP contribution in [0.25, 0.3) is 0 Å². The third-order valence-corrected chi connectivity index (χ3v) is 3.23. The van der Waals surface area contributed by atoms with Crippen molar-refractivity contribution in [3.8, 4) is 0 Å². The fourth-order valence-electron chi connectivity index (χ4n) is 1.49. The first-order valence-corrected chi connectivity index (χ1v) is 7.36. The van der Waals surface area contributed by atoms with Crippen molar-refractivity contribution in [1.29, 1.82) is 0 Å². The number of likely N-dealkylation sites (N-methyl/N-ethyl adjacent to an activating group) is 1. The van der Waals surface area contributed by atoms with Gasteiger partial charge in [-0.15, -0.1) is 0 Å². The van der Waals surface area contributed by atoms with Crippen molar-refractivity contribution in [1.82, 2.24) is 16.0 Å². The van der Waals surface area contributed by atoms with Crippen molar-refractivity contribution in [2.45, 2.75) is 26.3 Å². The van der Waals surface area contributed by atoms with Crippen LogP contribution < -0.4 is 16.0 Å². The molecule has 0 bridgehead atoms. The number of carbonyl (C=O) groups is 3. The monoisotopic (exact) mass is 297 g/mol. The smallest absolute Gasteiger partial charge is 0.252 e. The van der Waals surface area contributed by atoms with Crippen LogP contribution in [0.2, 0.25) is 0 Å². The number of amides is 3.